The summed E-state index contributed by atoms with van der Waals surface area (Å²) in [6.07, 6.45) is 5.14. The van der Waals surface area contributed by atoms with Crippen LogP contribution in [0.2, 0.25) is 0 Å². The first-order valence-electron chi connectivity index (χ1n) is 8.73. The van der Waals surface area contributed by atoms with Crippen molar-refractivity contribution in [3.8, 4) is 11.5 Å². The zero-order valence-corrected chi connectivity index (χ0v) is 18.6. The summed E-state index contributed by atoms with van der Waals surface area (Å²) >= 11 is 0. The maximum absolute atomic E-state index is 11.2. The Labute approximate surface area is 179 Å². The lowest BCUT2D eigenvalue weighted by atomic mass is 10.2. The standard InChI is InChI=1S/C20H27N3O4S.ClH/c1-23(13-11-16-5-10-19(26-2)20(15-16)27-3)14-12-21-17-6-8-18(9-7-17)22-28(4,24)25;/h5-11,13,15,21-22H,12,14H2,1-4H3;1H. The van der Waals surface area contributed by atoms with Crippen molar-refractivity contribution in [3.05, 3.63) is 54.2 Å². The molecule has 0 aliphatic heterocycles. The molecule has 0 saturated carbocycles. The molecule has 2 N–H and O–H groups in total. The van der Waals surface area contributed by atoms with Crippen LogP contribution in [0, 0.1) is 0 Å². The summed E-state index contributed by atoms with van der Waals surface area (Å²) in [6.45, 7) is 1.54. The van der Waals surface area contributed by atoms with Gasteiger partial charge in [-0.2, -0.15) is 0 Å². The largest absolute Gasteiger partial charge is 0.493 e. The van der Waals surface area contributed by atoms with Crippen LogP contribution < -0.4 is 19.5 Å². The number of hydrogen-bond donors (Lipinski definition) is 2. The molecule has 0 unspecified atom stereocenters. The van der Waals surface area contributed by atoms with E-state index in [2.05, 4.69) is 14.9 Å². The van der Waals surface area contributed by atoms with Gasteiger partial charge < -0.3 is 19.7 Å². The Hall–Kier alpha value is -2.58. The van der Waals surface area contributed by atoms with Gasteiger partial charge in [0, 0.05) is 31.5 Å². The van der Waals surface area contributed by atoms with Gasteiger partial charge >= 0.3 is 0 Å². The van der Waals surface area contributed by atoms with Crippen molar-refractivity contribution >= 4 is 39.9 Å². The van der Waals surface area contributed by atoms with Crippen LogP contribution >= 0.6 is 12.4 Å². The normalized spacial score (nSPS) is 10.9. The van der Waals surface area contributed by atoms with Gasteiger partial charge in [-0.15, -0.1) is 12.4 Å². The first kappa shape index (κ1) is 24.5. The van der Waals surface area contributed by atoms with E-state index in [4.69, 9.17) is 9.47 Å². The highest BCUT2D eigenvalue weighted by atomic mass is 35.5. The molecular weight excluding hydrogens is 414 g/mol. The molecule has 0 heterocycles. The van der Waals surface area contributed by atoms with Crippen LogP contribution in [0.1, 0.15) is 5.56 Å². The Morgan fingerprint density at radius 1 is 1.00 bits per heavy atom. The minimum atomic E-state index is -3.26. The molecule has 160 valence electrons. The van der Waals surface area contributed by atoms with Crippen LogP contribution in [-0.2, 0) is 10.0 Å². The number of benzene rings is 2. The van der Waals surface area contributed by atoms with E-state index in [0.717, 1.165) is 30.6 Å². The highest BCUT2D eigenvalue weighted by Gasteiger charge is 2.03. The summed E-state index contributed by atoms with van der Waals surface area (Å²) in [4.78, 5) is 2.07. The van der Waals surface area contributed by atoms with Crippen molar-refractivity contribution in [2.24, 2.45) is 0 Å². The number of ether oxygens (including phenoxy) is 2. The third-order valence-electron chi connectivity index (χ3n) is 3.91. The molecule has 9 heteroatoms. The quantitative estimate of drug-likeness (QED) is 0.587. The van der Waals surface area contributed by atoms with Gasteiger partial charge in [0.1, 0.15) is 0 Å². The van der Waals surface area contributed by atoms with Gasteiger partial charge in [-0.05, 0) is 54.2 Å². The molecule has 29 heavy (non-hydrogen) atoms. The molecule has 0 fully saturated rings. The third kappa shape index (κ3) is 8.53. The Bertz CT molecular complexity index is 902. The molecule has 2 aromatic carbocycles. The second-order valence-electron chi connectivity index (χ2n) is 6.29. The molecule has 0 bridgehead atoms. The van der Waals surface area contributed by atoms with E-state index in [1.807, 2.05) is 49.7 Å². The van der Waals surface area contributed by atoms with E-state index < -0.39 is 10.0 Å². The average Bonchev–Trinajstić information content (AvgIpc) is 2.66. The van der Waals surface area contributed by atoms with Crippen LogP contribution in [0.25, 0.3) is 6.08 Å². The number of sulfonamides is 1. The van der Waals surface area contributed by atoms with E-state index in [9.17, 15) is 8.42 Å². The fraction of sp³-hybridized carbons (Fsp3) is 0.300. The molecule has 0 radical (unpaired) electrons. The lowest BCUT2D eigenvalue weighted by Gasteiger charge is -2.15. The van der Waals surface area contributed by atoms with Gasteiger partial charge in [-0.3, -0.25) is 4.72 Å². The Kier molecular flexibility index (Phi) is 9.64. The Balaban J connectivity index is 0.00000420. The Morgan fingerprint density at radius 2 is 1.62 bits per heavy atom. The van der Waals surface area contributed by atoms with Crippen molar-refractivity contribution in [2.75, 3.05) is 50.7 Å². The van der Waals surface area contributed by atoms with Gasteiger partial charge in [0.05, 0.1) is 20.5 Å². The molecule has 0 saturated heterocycles. The molecular formula is C20H28ClN3O4S. The lowest BCUT2D eigenvalue weighted by Crippen LogP contribution is -2.20. The molecule has 0 aliphatic carbocycles. The van der Waals surface area contributed by atoms with Crippen LogP contribution in [0.15, 0.2) is 48.7 Å². The fourth-order valence-corrected chi connectivity index (χ4v) is 3.06. The average molecular weight is 442 g/mol. The number of likely N-dealkylation sites (N-methyl/N-ethyl adjacent to an activating group) is 1. The van der Waals surface area contributed by atoms with Crippen molar-refractivity contribution in [2.45, 2.75) is 0 Å². The molecule has 2 aromatic rings. The second kappa shape index (κ2) is 11.4. The molecule has 0 aromatic heterocycles. The van der Waals surface area contributed by atoms with Gasteiger partial charge in [0.25, 0.3) is 0 Å². The highest BCUT2D eigenvalue weighted by molar-refractivity contribution is 7.92. The molecule has 0 aliphatic rings. The minimum Gasteiger partial charge on any atom is -0.493 e. The molecule has 7 nitrogen and oxygen atoms in total. The molecule has 0 atom stereocenters. The van der Waals surface area contributed by atoms with Crippen LogP contribution in [0.3, 0.4) is 0 Å². The van der Waals surface area contributed by atoms with Crippen molar-refractivity contribution in [1.29, 1.82) is 0 Å². The summed E-state index contributed by atoms with van der Waals surface area (Å²) in [7, 11) is 1.98. The first-order chi connectivity index (χ1) is 13.3. The van der Waals surface area contributed by atoms with Crippen LogP contribution in [0.4, 0.5) is 11.4 Å². The Morgan fingerprint density at radius 3 is 2.21 bits per heavy atom. The predicted octanol–water partition coefficient (Wildman–Crippen LogP) is 3.51. The summed E-state index contributed by atoms with van der Waals surface area (Å²) in [6, 6.07) is 12.9. The first-order valence-corrected chi connectivity index (χ1v) is 10.6. The number of halogens is 1. The van der Waals surface area contributed by atoms with Crippen molar-refractivity contribution in [1.82, 2.24) is 4.90 Å². The number of methoxy groups -OCH3 is 2. The van der Waals surface area contributed by atoms with Crippen molar-refractivity contribution in [3.63, 3.8) is 0 Å². The predicted molar refractivity (Wildman–Crippen MR) is 122 cm³/mol. The summed E-state index contributed by atoms with van der Waals surface area (Å²) < 4.78 is 35.4. The summed E-state index contributed by atoms with van der Waals surface area (Å²) in [5.41, 5.74) is 2.49. The van der Waals surface area contributed by atoms with Crippen LogP contribution in [-0.4, -0.2) is 53.9 Å². The monoisotopic (exact) mass is 441 g/mol. The molecule has 0 amide bonds. The van der Waals surface area contributed by atoms with Gasteiger partial charge in [0.2, 0.25) is 10.0 Å². The third-order valence-corrected chi connectivity index (χ3v) is 4.52. The van der Waals surface area contributed by atoms with E-state index in [1.165, 1.54) is 0 Å². The van der Waals surface area contributed by atoms with E-state index in [0.29, 0.717) is 17.2 Å². The van der Waals surface area contributed by atoms with E-state index in [-0.39, 0.29) is 12.4 Å². The van der Waals surface area contributed by atoms with Gasteiger partial charge in [-0.25, -0.2) is 8.42 Å². The summed E-state index contributed by atoms with van der Waals surface area (Å²) in [5, 5.41) is 3.31. The second-order valence-corrected chi connectivity index (χ2v) is 8.04. The fourth-order valence-electron chi connectivity index (χ4n) is 2.49. The smallest absolute Gasteiger partial charge is 0.229 e. The zero-order valence-electron chi connectivity index (χ0n) is 17.0. The maximum atomic E-state index is 11.2. The number of rotatable bonds is 10. The maximum Gasteiger partial charge on any atom is 0.229 e. The number of anilines is 2. The zero-order chi connectivity index (χ0) is 20.6. The lowest BCUT2D eigenvalue weighted by molar-refractivity contribution is 0.355. The van der Waals surface area contributed by atoms with E-state index in [1.54, 1.807) is 26.4 Å². The van der Waals surface area contributed by atoms with E-state index >= 15 is 0 Å². The van der Waals surface area contributed by atoms with Gasteiger partial charge in [-0.1, -0.05) is 6.07 Å². The highest BCUT2D eigenvalue weighted by Crippen LogP contribution is 2.28. The molecule has 2 rings (SSSR count). The number of hydrogen-bond acceptors (Lipinski definition) is 6. The van der Waals surface area contributed by atoms with Crippen molar-refractivity contribution < 1.29 is 17.9 Å². The topological polar surface area (TPSA) is 79.9 Å². The minimum absolute atomic E-state index is 0. The van der Waals surface area contributed by atoms with Crippen LogP contribution in [0.5, 0.6) is 11.5 Å². The summed E-state index contributed by atoms with van der Waals surface area (Å²) in [5.74, 6) is 1.40. The molecule has 0 spiro atoms. The van der Waals surface area contributed by atoms with Gasteiger partial charge in [0.15, 0.2) is 11.5 Å². The number of nitrogens with zero attached hydrogens (tertiary/aromatic N) is 1. The number of nitrogens with one attached hydrogen (secondary N) is 2. The SMILES string of the molecule is COc1ccc(C=CN(C)CCNc2ccc(NS(C)(=O)=O)cc2)cc1OC.Cl.